The van der Waals surface area contributed by atoms with Crippen LogP contribution in [0.4, 0.5) is 13.2 Å². The highest BCUT2D eigenvalue weighted by molar-refractivity contribution is 7.91. The highest BCUT2D eigenvalue weighted by Crippen LogP contribution is 2.39. The first-order valence-electron chi connectivity index (χ1n) is 12.0. The molecule has 2 heterocycles. The lowest BCUT2D eigenvalue weighted by Gasteiger charge is -2.21. The fourth-order valence-electron chi connectivity index (χ4n) is 4.78. The van der Waals surface area contributed by atoms with E-state index in [2.05, 4.69) is 9.71 Å². The molecule has 2 aromatic carbocycles. The minimum atomic E-state index is -4.87. The van der Waals surface area contributed by atoms with E-state index in [0.717, 1.165) is 0 Å². The van der Waals surface area contributed by atoms with Crippen LogP contribution in [0.5, 0.6) is 0 Å². The van der Waals surface area contributed by atoms with Crippen LogP contribution in [-0.4, -0.2) is 58.6 Å². The monoisotopic (exact) mass is 641 g/mol. The molecule has 1 saturated heterocycles. The lowest BCUT2D eigenvalue weighted by Crippen LogP contribution is -2.37. The van der Waals surface area contributed by atoms with Gasteiger partial charge in [0.1, 0.15) is 0 Å². The van der Waals surface area contributed by atoms with E-state index in [1.165, 1.54) is 25.1 Å². The Morgan fingerprint density at radius 3 is 2.52 bits per heavy atom. The number of sulfone groups is 1. The van der Waals surface area contributed by atoms with Crippen LogP contribution in [0.15, 0.2) is 38.8 Å². The Morgan fingerprint density at radius 2 is 1.90 bits per heavy atom. The molecule has 1 unspecified atom stereocenters. The van der Waals surface area contributed by atoms with Gasteiger partial charge < -0.3 is 4.98 Å². The molecule has 218 valence electrons. The first kappa shape index (κ1) is 30.9. The quantitative estimate of drug-likeness (QED) is 0.321. The summed E-state index contributed by atoms with van der Waals surface area (Å²) < 4.78 is 81.0. The fourth-order valence-corrected chi connectivity index (χ4v) is 7.07. The fraction of sp³-hybridized carbons (Fsp3) is 0.417. The molecule has 0 saturated carbocycles. The molecule has 16 heteroatoms. The number of nitrogens with zero attached hydrogens (tertiary/aromatic N) is 2. The minimum Gasteiger partial charge on any atom is -0.305 e. The number of H-pyrrole nitrogens is 1. The molecule has 40 heavy (non-hydrogen) atoms. The van der Waals surface area contributed by atoms with Gasteiger partial charge in [0.15, 0.2) is 16.1 Å². The summed E-state index contributed by atoms with van der Waals surface area (Å²) in [5.41, 5.74) is -3.67. The van der Waals surface area contributed by atoms with Gasteiger partial charge in [0, 0.05) is 24.7 Å². The Morgan fingerprint density at radius 1 is 1.20 bits per heavy atom. The van der Waals surface area contributed by atoms with Gasteiger partial charge in [-0.25, -0.2) is 13.2 Å². The third-order valence-corrected chi connectivity index (χ3v) is 9.84. The van der Waals surface area contributed by atoms with Gasteiger partial charge in [0.2, 0.25) is 11.4 Å². The second kappa shape index (κ2) is 11.7. The zero-order valence-corrected chi connectivity index (χ0v) is 24.5. The van der Waals surface area contributed by atoms with Crippen molar-refractivity contribution in [1.29, 1.82) is 0 Å². The number of benzene rings is 2. The van der Waals surface area contributed by atoms with E-state index < -0.39 is 61.1 Å². The molecule has 3 aromatic rings. The minimum absolute atomic E-state index is 0.0371. The summed E-state index contributed by atoms with van der Waals surface area (Å²) in [6, 6.07) is 4.43. The third kappa shape index (κ3) is 6.37. The van der Waals surface area contributed by atoms with Crippen molar-refractivity contribution in [1.82, 2.24) is 19.2 Å². The van der Waals surface area contributed by atoms with Crippen LogP contribution in [0.25, 0.3) is 10.9 Å². The van der Waals surface area contributed by atoms with E-state index >= 15 is 0 Å². The number of hydrogen-bond acceptors (Lipinski definition) is 7. The van der Waals surface area contributed by atoms with Crippen molar-refractivity contribution in [3.05, 3.63) is 71.8 Å². The van der Waals surface area contributed by atoms with E-state index in [-0.39, 0.29) is 44.9 Å². The number of likely N-dealkylation sites (tertiary alicyclic amines) is 1. The maximum atomic E-state index is 14.2. The highest BCUT2D eigenvalue weighted by Gasteiger charge is 2.37. The zero-order valence-electron chi connectivity index (χ0n) is 21.3. The lowest BCUT2D eigenvalue weighted by molar-refractivity contribution is -0.138. The van der Waals surface area contributed by atoms with Gasteiger partial charge in [0.25, 0.3) is 5.56 Å². The molecule has 0 amide bonds. The second-order valence-electron chi connectivity index (χ2n) is 9.43. The molecule has 1 aliphatic heterocycles. The molecule has 1 aromatic heterocycles. The maximum Gasteiger partial charge on any atom is 0.416 e. The molecule has 3 N–H and O–H groups in total. The Hall–Kier alpha value is -2.07. The van der Waals surface area contributed by atoms with Crippen LogP contribution in [0.2, 0.25) is 10.0 Å². The maximum absolute atomic E-state index is 14.2. The van der Waals surface area contributed by atoms with Crippen LogP contribution >= 0.6 is 23.2 Å². The molecular weight excluding hydrogens is 616 g/mol. The summed E-state index contributed by atoms with van der Waals surface area (Å²) in [4.78, 5) is 30.4. The Bertz CT molecular complexity index is 1680. The largest absolute Gasteiger partial charge is 0.416 e. The number of aromatic nitrogens is 2. The molecule has 0 spiro atoms. The van der Waals surface area contributed by atoms with Gasteiger partial charge in [-0.3, -0.25) is 14.3 Å². The Balaban J connectivity index is 1.83. The number of rotatable bonds is 8. The van der Waals surface area contributed by atoms with Gasteiger partial charge in [0.05, 0.1) is 44.7 Å². The summed E-state index contributed by atoms with van der Waals surface area (Å²) >= 11 is 11.4. The topological polar surface area (TPSA) is 124 Å². The van der Waals surface area contributed by atoms with Crippen molar-refractivity contribution >= 4 is 55.3 Å². The van der Waals surface area contributed by atoms with E-state index in [1.54, 1.807) is 11.2 Å². The number of halogens is 5. The lowest BCUT2D eigenvalue weighted by atomic mass is 10.0. The summed E-state index contributed by atoms with van der Waals surface area (Å²) in [6.45, 7) is 1.49. The summed E-state index contributed by atoms with van der Waals surface area (Å²) in [5.74, 6) is -0.259. The molecule has 0 radical (unpaired) electrons. The molecule has 1 fully saturated rings. The number of alkyl halides is 3. The zero-order chi connectivity index (χ0) is 29.6. The van der Waals surface area contributed by atoms with E-state index in [1.807, 2.05) is 0 Å². The highest BCUT2D eigenvalue weighted by atomic mass is 35.5. The molecule has 1 aliphatic rings. The SMILES string of the molecule is CCS(=O)(=O)c1ccc(Cl)cc1Cn1c(=O)[nH]c2c(Cl)c(CN3CC[C@H](N[S+](C)O)C3)c(C(F)(F)F)cc2c1=O. The van der Waals surface area contributed by atoms with Gasteiger partial charge >= 0.3 is 11.9 Å². The predicted octanol–water partition coefficient (Wildman–Crippen LogP) is 3.66. The molecular formula is C24H26Cl2F3N4O5S2+. The standard InChI is InChI=1S/C24H25Cl2F3N4O5S2/c1-3-40(37,38)19-5-4-14(25)8-13(19)10-33-22(34)16-9-18(24(27,28)29)17(20(26)21(16)30-23(33)35)12-32-7-6-15(11-32)31-39(2)36/h4-5,8-9,15,31,36H,3,6-7,10-12H2,1-2H3/p+1/t15-,39?/m0/s1. The molecule has 0 aliphatic carbocycles. The average Bonchev–Trinajstić information content (AvgIpc) is 3.29. The van der Waals surface area contributed by atoms with Crippen LogP contribution in [0, 0.1) is 0 Å². The summed E-state index contributed by atoms with van der Waals surface area (Å²) in [6.07, 6.45) is -2.69. The van der Waals surface area contributed by atoms with Crippen molar-refractivity contribution in [3.8, 4) is 0 Å². The summed E-state index contributed by atoms with van der Waals surface area (Å²) in [7, 11) is -3.77. The molecule has 0 bridgehead atoms. The van der Waals surface area contributed by atoms with Crippen LogP contribution in [-0.2, 0) is 40.5 Å². The van der Waals surface area contributed by atoms with E-state index in [0.29, 0.717) is 30.1 Å². The number of fused-ring (bicyclic) bond motifs is 1. The van der Waals surface area contributed by atoms with Crippen molar-refractivity contribution in [3.63, 3.8) is 0 Å². The first-order valence-corrected chi connectivity index (χ1v) is 16.0. The Kier molecular flexibility index (Phi) is 9.00. The van der Waals surface area contributed by atoms with Crippen molar-refractivity contribution in [2.75, 3.05) is 25.1 Å². The molecule has 2 atom stereocenters. The van der Waals surface area contributed by atoms with Gasteiger partial charge in [-0.2, -0.15) is 17.7 Å². The average molecular weight is 643 g/mol. The van der Waals surface area contributed by atoms with Crippen molar-refractivity contribution in [2.24, 2.45) is 0 Å². The molecule has 4 rings (SSSR count). The number of nitrogens with one attached hydrogen (secondary N) is 2. The normalized spacial score (nSPS) is 17.6. The van der Waals surface area contributed by atoms with E-state index in [9.17, 15) is 35.7 Å². The number of hydrogen-bond donors (Lipinski definition) is 3. The predicted molar refractivity (Wildman–Crippen MR) is 150 cm³/mol. The first-order chi connectivity index (χ1) is 18.6. The van der Waals surface area contributed by atoms with Gasteiger partial charge in [-0.15, -0.1) is 4.72 Å². The van der Waals surface area contributed by atoms with Crippen LogP contribution in [0.3, 0.4) is 0 Å². The van der Waals surface area contributed by atoms with Crippen LogP contribution in [0.1, 0.15) is 30.0 Å². The number of aromatic amines is 1. The Labute approximate surface area is 240 Å². The van der Waals surface area contributed by atoms with Gasteiger partial charge in [-0.05, 0) is 41.8 Å². The summed E-state index contributed by atoms with van der Waals surface area (Å²) in [5, 5.41) is -0.730. The van der Waals surface area contributed by atoms with Gasteiger partial charge in [-0.1, -0.05) is 30.1 Å². The second-order valence-corrected chi connectivity index (χ2v) is 13.7. The third-order valence-electron chi connectivity index (χ3n) is 6.68. The smallest absolute Gasteiger partial charge is 0.305 e. The van der Waals surface area contributed by atoms with Crippen molar-refractivity contribution < 1.29 is 26.1 Å². The van der Waals surface area contributed by atoms with E-state index in [4.69, 9.17) is 23.2 Å². The van der Waals surface area contributed by atoms with Crippen molar-refractivity contribution in [2.45, 2.75) is 43.5 Å². The molecule has 9 nitrogen and oxygen atoms in total. The van der Waals surface area contributed by atoms with Crippen LogP contribution < -0.4 is 16.0 Å².